The van der Waals surface area contributed by atoms with E-state index < -0.39 is 0 Å². The van der Waals surface area contributed by atoms with E-state index in [2.05, 4.69) is 35.3 Å². The second-order valence-electron chi connectivity index (χ2n) is 6.35. The number of hydrogen-bond acceptors (Lipinski definition) is 7. The molecule has 0 heterocycles. The lowest BCUT2D eigenvalue weighted by molar-refractivity contribution is 0.0805. The van der Waals surface area contributed by atoms with Crippen molar-refractivity contribution in [1.29, 1.82) is 0 Å². The van der Waals surface area contributed by atoms with E-state index in [1.54, 1.807) is 14.2 Å². The highest BCUT2D eigenvalue weighted by atomic mass is 16.5. The van der Waals surface area contributed by atoms with Gasteiger partial charge in [-0.2, -0.15) is 0 Å². The summed E-state index contributed by atoms with van der Waals surface area (Å²) in [6, 6.07) is 5.99. The molecule has 0 aliphatic carbocycles. The SMILES string of the molecule is C=NC(=C(/N=C)N(COC)Cc1ccc(C)cc1OC)/C(N)=N\COCCCC. The Morgan fingerprint density at radius 3 is 2.55 bits per heavy atom. The zero-order valence-electron chi connectivity index (χ0n) is 18.0. The lowest BCUT2D eigenvalue weighted by Crippen LogP contribution is -2.28. The molecular formula is C21H33N5O3. The predicted molar refractivity (Wildman–Crippen MR) is 119 cm³/mol. The summed E-state index contributed by atoms with van der Waals surface area (Å²) in [5, 5.41) is 0. The molecule has 8 nitrogen and oxygen atoms in total. The minimum atomic E-state index is 0.144. The van der Waals surface area contributed by atoms with Crippen molar-refractivity contribution >= 4 is 19.3 Å². The highest BCUT2D eigenvalue weighted by Gasteiger charge is 2.18. The molecule has 160 valence electrons. The van der Waals surface area contributed by atoms with Crippen LogP contribution in [0.15, 0.2) is 44.7 Å². The van der Waals surface area contributed by atoms with E-state index in [0.717, 1.165) is 29.7 Å². The molecule has 29 heavy (non-hydrogen) atoms. The number of unbranched alkanes of at least 4 members (excludes halogenated alkanes) is 1. The normalized spacial score (nSPS) is 12.3. The van der Waals surface area contributed by atoms with E-state index in [1.165, 1.54) is 0 Å². The molecule has 0 fully saturated rings. The van der Waals surface area contributed by atoms with Gasteiger partial charge in [0.1, 0.15) is 24.9 Å². The standard InChI is InChI=1S/C21H33N5O3/c1-7-8-11-29-14-25-20(22)19(23-3)21(24-4)26(15-27-5)13-17-10-9-16(2)12-18(17)28-6/h9-10,12H,3-4,7-8,11,13-15H2,1-2,5-6H3,(H2,22,25)/b21-19-. The Hall–Kier alpha value is -2.71. The molecule has 0 saturated carbocycles. The van der Waals surface area contributed by atoms with E-state index in [-0.39, 0.29) is 19.3 Å². The maximum atomic E-state index is 6.12. The zero-order valence-corrected chi connectivity index (χ0v) is 18.0. The van der Waals surface area contributed by atoms with Gasteiger partial charge in [0.05, 0.1) is 13.7 Å². The number of benzene rings is 1. The molecule has 0 radical (unpaired) electrons. The molecule has 0 unspecified atom stereocenters. The Kier molecular flexibility index (Phi) is 11.3. The third kappa shape index (κ3) is 7.67. The van der Waals surface area contributed by atoms with Crippen LogP contribution in [0.1, 0.15) is 30.9 Å². The average Bonchev–Trinajstić information content (AvgIpc) is 2.72. The molecule has 1 aromatic carbocycles. The molecule has 0 aliphatic rings. The van der Waals surface area contributed by atoms with Gasteiger partial charge < -0.3 is 24.8 Å². The third-order valence-corrected chi connectivity index (χ3v) is 4.12. The topological polar surface area (TPSA) is 94.0 Å². The fourth-order valence-electron chi connectivity index (χ4n) is 2.62. The van der Waals surface area contributed by atoms with Gasteiger partial charge in [-0.1, -0.05) is 25.5 Å². The minimum Gasteiger partial charge on any atom is -0.496 e. The summed E-state index contributed by atoms with van der Waals surface area (Å²) < 4.78 is 16.3. The summed E-state index contributed by atoms with van der Waals surface area (Å²) in [5.41, 5.74) is 8.51. The highest BCUT2D eigenvalue weighted by Crippen LogP contribution is 2.24. The van der Waals surface area contributed by atoms with Crippen molar-refractivity contribution in [2.45, 2.75) is 33.2 Å². The first-order valence-electron chi connectivity index (χ1n) is 9.45. The number of nitrogens with two attached hydrogens (primary N) is 1. The van der Waals surface area contributed by atoms with Gasteiger partial charge in [-0.15, -0.1) is 0 Å². The maximum absolute atomic E-state index is 6.12. The molecule has 0 aliphatic heterocycles. The molecule has 0 amide bonds. The van der Waals surface area contributed by atoms with Crippen LogP contribution < -0.4 is 10.5 Å². The van der Waals surface area contributed by atoms with E-state index >= 15 is 0 Å². The van der Waals surface area contributed by atoms with Crippen molar-refractivity contribution < 1.29 is 14.2 Å². The van der Waals surface area contributed by atoms with Gasteiger partial charge in [0.2, 0.25) is 0 Å². The summed E-state index contributed by atoms with van der Waals surface area (Å²) in [6.45, 7) is 12.9. The number of hydrogen-bond donors (Lipinski definition) is 1. The lowest BCUT2D eigenvalue weighted by Gasteiger charge is -2.26. The van der Waals surface area contributed by atoms with Crippen LogP contribution in [0, 0.1) is 6.92 Å². The number of nitrogens with zero attached hydrogens (tertiary/aromatic N) is 4. The number of methoxy groups -OCH3 is 2. The number of ether oxygens (including phenoxy) is 3. The Balaban J connectivity index is 3.17. The number of amidine groups is 1. The van der Waals surface area contributed by atoms with E-state index in [0.29, 0.717) is 24.7 Å². The quantitative estimate of drug-likeness (QED) is 0.223. The first kappa shape index (κ1) is 24.3. The molecule has 0 spiro atoms. The summed E-state index contributed by atoms with van der Waals surface area (Å²) in [6.07, 6.45) is 2.02. The van der Waals surface area contributed by atoms with E-state index in [9.17, 15) is 0 Å². The van der Waals surface area contributed by atoms with Gasteiger partial charge >= 0.3 is 0 Å². The van der Waals surface area contributed by atoms with E-state index in [4.69, 9.17) is 19.9 Å². The largest absolute Gasteiger partial charge is 0.496 e. The first-order valence-corrected chi connectivity index (χ1v) is 9.45. The Morgan fingerprint density at radius 1 is 1.21 bits per heavy atom. The molecule has 0 aromatic heterocycles. The summed E-state index contributed by atoms with van der Waals surface area (Å²) in [7, 11) is 3.24. The van der Waals surface area contributed by atoms with Gasteiger partial charge in [-0.3, -0.25) is 4.99 Å². The second-order valence-corrected chi connectivity index (χ2v) is 6.35. The van der Waals surface area contributed by atoms with Crippen molar-refractivity contribution in [1.82, 2.24) is 4.90 Å². The van der Waals surface area contributed by atoms with Crippen LogP contribution in [0.25, 0.3) is 0 Å². The zero-order chi connectivity index (χ0) is 21.6. The molecule has 1 aromatic rings. The number of aryl methyl sites for hydroxylation is 1. The summed E-state index contributed by atoms with van der Waals surface area (Å²) in [5.74, 6) is 1.36. The number of aliphatic imine (C=N–C) groups is 3. The molecule has 8 heteroatoms. The second kappa shape index (κ2) is 13.5. The molecule has 0 saturated heterocycles. The van der Waals surface area contributed by atoms with Crippen LogP contribution in [0.3, 0.4) is 0 Å². The molecule has 1 rings (SSSR count). The first-order chi connectivity index (χ1) is 14.0. The van der Waals surface area contributed by atoms with Crippen molar-refractivity contribution in [2.75, 3.05) is 34.3 Å². The predicted octanol–water partition coefficient (Wildman–Crippen LogP) is 3.11. The Labute approximate surface area is 173 Å². The fraction of sp³-hybridized carbons (Fsp3) is 0.476. The smallest absolute Gasteiger partial charge is 0.159 e. The number of rotatable bonds is 14. The van der Waals surface area contributed by atoms with E-state index in [1.807, 2.05) is 30.0 Å². The van der Waals surface area contributed by atoms with Crippen LogP contribution in [0.5, 0.6) is 5.75 Å². The molecular weight excluding hydrogens is 370 g/mol. The van der Waals surface area contributed by atoms with Crippen LogP contribution >= 0.6 is 0 Å². The molecule has 0 bridgehead atoms. The van der Waals surface area contributed by atoms with Gasteiger partial charge in [-0.25, -0.2) is 9.98 Å². The summed E-state index contributed by atoms with van der Waals surface area (Å²) >= 11 is 0. The van der Waals surface area contributed by atoms with Gasteiger partial charge in [-0.05, 0) is 38.4 Å². The molecule has 0 atom stereocenters. The third-order valence-electron chi connectivity index (χ3n) is 4.12. The monoisotopic (exact) mass is 403 g/mol. The van der Waals surface area contributed by atoms with Crippen molar-refractivity contribution in [3.63, 3.8) is 0 Å². The Bertz CT molecular complexity index is 731. The van der Waals surface area contributed by atoms with Crippen LogP contribution in [-0.4, -0.2) is 58.5 Å². The lowest BCUT2D eigenvalue weighted by atomic mass is 10.1. The fourth-order valence-corrected chi connectivity index (χ4v) is 2.62. The van der Waals surface area contributed by atoms with Gasteiger partial charge in [0.15, 0.2) is 11.7 Å². The van der Waals surface area contributed by atoms with Crippen molar-refractivity contribution in [2.24, 2.45) is 20.7 Å². The minimum absolute atomic E-state index is 0.144. The van der Waals surface area contributed by atoms with Crippen molar-refractivity contribution in [3.8, 4) is 5.75 Å². The van der Waals surface area contributed by atoms with Crippen LogP contribution in [-0.2, 0) is 16.0 Å². The molecule has 2 N–H and O–H groups in total. The maximum Gasteiger partial charge on any atom is 0.159 e. The van der Waals surface area contributed by atoms with Crippen LogP contribution in [0.4, 0.5) is 0 Å². The van der Waals surface area contributed by atoms with Crippen molar-refractivity contribution in [3.05, 3.63) is 40.8 Å². The van der Waals surface area contributed by atoms with Gasteiger partial charge in [0.25, 0.3) is 0 Å². The van der Waals surface area contributed by atoms with Gasteiger partial charge in [0, 0.05) is 19.3 Å². The Morgan fingerprint density at radius 2 is 1.97 bits per heavy atom. The highest BCUT2D eigenvalue weighted by molar-refractivity contribution is 5.97. The van der Waals surface area contributed by atoms with Crippen LogP contribution in [0.2, 0.25) is 0 Å². The average molecular weight is 404 g/mol. The summed E-state index contributed by atoms with van der Waals surface area (Å²) in [4.78, 5) is 14.2.